The van der Waals surface area contributed by atoms with E-state index in [2.05, 4.69) is 0 Å². The molecule has 0 aliphatic carbocycles. The number of hydrogen-bond donors (Lipinski definition) is 1. The van der Waals surface area contributed by atoms with Crippen LogP contribution in [0.15, 0.2) is 65.6 Å². The topological polar surface area (TPSA) is 78.6 Å². The Morgan fingerprint density at radius 1 is 0.926 bits per heavy atom. The minimum Gasteiger partial charge on any atom is -0.453 e. The predicted molar refractivity (Wildman–Crippen MR) is 110 cm³/mol. The number of hydrogen-bond acceptors (Lipinski definition) is 5. The third-order valence-corrected chi connectivity index (χ3v) is 5.66. The molecule has 27 heavy (non-hydrogen) atoms. The van der Waals surface area contributed by atoms with Crippen LogP contribution in [0.1, 0.15) is 0 Å². The minimum atomic E-state index is -3.30. The van der Waals surface area contributed by atoms with Crippen LogP contribution in [-0.4, -0.2) is 14.7 Å². The van der Waals surface area contributed by atoms with Gasteiger partial charge in [-0.05, 0) is 59.0 Å². The van der Waals surface area contributed by atoms with Gasteiger partial charge < -0.3 is 15.2 Å². The highest BCUT2D eigenvalue weighted by Crippen LogP contribution is 2.39. The monoisotopic (exact) mass is 499 g/mol. The molecule has 3 aromatic rings. The molecule has 3 rings (SSSR count). The maximum atomic E-state index is 13.9. The molecule has 0 aliphatic rings. The zero-order valence-corrected chi connectivity index (χ0v) is 17.1. The average molecular weight is 499 g/mol. The number of nitrogens with two attached hydrogens (primary N) is 1. The first-order valence-corrected chi connectivity index (χ1v) is 10.7. The molecule has 0 aliphatic heterocycles. The Morgan fingerprint density at radius 2 is 1.56 bits per heavy atom. The molecular formula is C19H15FINO4S. The molecule has 0 heterocycles. The van der Waals surface area contributed by atoms with Gasteiger partial charge in [0.15, 0.2) is 32.9 Å². The Kier molecular flexibility index (Phi) is 5.56. The Labute approximate surface area is 170 Å². The highest BCUT2D eigenvalue weighted by Gasteiger charge is 2.14. The normalized spacial score (nSPS) is 11.2. The summed E-state index contributed by atoms with van der Waals surface area (Å²) in [5, 5.41) is 0. The number of rotatable bonds is 5. The van der Waals surface area contributed by atoms with E-state index in [0.717, 1.165) is 9.83 Å². The van der Waals surface area contributed by atoms with Crippen molar-refractivity contribution in [3.63, 3.8) is 0 Å². The lowest BCUT2D eigenvalue weighted by Gasteiger charge is -2.14. The van der Waals surface area contributed by atoms with Crippen LogP contribution >= 0.6 is 22.6 Å². The summed E-state index contributed by atoms with van der Waals surface area (Å²) in [6.07, 6.45) is 1.13. The van der Waals surface area contributed by atoms with Gasteiger partial charge in [0, 0.05) is 27.6 Å². The highest BCUT2D eigenvalue weighted by molar-refractivity contribution is 14.1. The fourth-order valence-corrected chi connectivity index (χ4v) is 3.31. The second kappa shape index (κ2) is 7.73. The predicted octanol–water partition coefficient (Wildman–Crippen LogP) is 5.00. The van der Waals surface area contributed by atoms with Crippen molar-refractivity contribution in [1.29, 1.82) is 0 Å². The summed E-state index contributed by atoms with van der Waals surface area (Å²) in [6, 6.07) is 15.2. The van der Waals surface area contributed by atoms with E-state index in [9.17, 15) is 12.8 Å². The number of sulfone groups is 1. The van der Waals surface area contributed by atoms with Crippen molar-refractivity contribution in [3.8, 4) is 23.0 Å². The van der Waals surface area contributed by atoms with Gasteiger partial charge in [0.25, 0.3) is 0 Å². The van der Waals surface area contributed by atoms with E-state index in [0.29, 0.717) is 17.2 Å². The zero-order valence-electron chi connectivity index (χ0n) is 14.1. The van der Waals surface area contributed by atoms with Crippen LogP contribution in [0.2, 0.25) is 0 Å². The first-order chi connectivity index (χ1) is 12.7. The molecule has 5 nitrogen and oxygen atoms in total. The fraction of sp³-hybridized carbons (Fsp3) is 0.0526. The van der Waals surface area contributed by atoms with Gasteiger partial charge in [-0.25, -0.2) is 12.8 Å². The van der Waals surface area contributed by atoms with E-state index in [1.54, 1.807) is 24.3 Å². The Morgan fingerprint density at radius 3 is 2.19 bits per heavy atom. The SMILES string of the molecule is CS(=O)(=O)c1ccc(Oc2cc(I)c(N)cc2Oc2ccccc2F)cc1. The van der Waals surface area contributed by atoms with Gasteiger partial charge in [-0.15, -0.1) is 0 Å². The van der Waals surface area contributed by atoms with Crippen LogP contribution in [0.5, 0.6) is 23.0 Å². The molecule has 0 bridgehead atoms. The molecule has 0 spiro atoms. The van der Waals surface area contributed by atoms with E-state index in [1.165, 1.54) is 36.4 Å². The van der Waals surface area contributed by atoms with Crippen molar-refractivity contribution in [2.75, 3.05) is 12.0 Å². The minimum absolute atomic E-state index is 0.0374. The molecule has 0 fully saturated rings. The van der Waals surface area contributed by atoms with Crippen LogP contribution < -0.4 is 15.2 Å². The van der Waals surface area contributed by atoms with E-state index >= 15 is 0 Å². The lowest BCUT2D eigenvalue weighted by Crippen LogP contribution is -1.98. The summed E-state index contributed by atoms with van der Waals surface area (Å²) < 4.78 is 49.2. The maximum absolute atomic E-state index is 13.9. The van der Waals surface area contributed by atoms with Crippen LogP contribution in [0.4, 0.5) is 10.1 Å². The summed E-state index contributed by atoms with van der Waals surface area (Å²) in [5.41, 5.74) is 6.40. The van der Waals surface area contributed by atoms with Gasteiger partial charge >= 0.3 is 0 Å². The number of ether oxygens (including phenoxy) is 2. The molecule has 0 radical (unpaired) electrons. The summed E-state index contributed by atoms with van der Waals surface area (Å²) in [4.78, 5) is 0.185. The average Bonchev–Trinajstić information content (AvgIpc) is 2.61. The lowest BCUT2D eigenvalue weighted by molar-refractivity contribution is 0.402. The molecular weight excluding hydrogens is 484 g/mol. The maximum Gasteiger partial charge on any atom is 0.175 e. The van der Waals surface area contributed by atoms with Crippen LogP contribution in [0, 0.1) is 9.39 Å². The molecule has 0 atom stereocenters. The van der Waals surface area contributed by atoms with Crippen molar-refractivity contribution in [2.45, 2.75) is 4.90 Å². The molecule has 2 N–H and O–H groups in total. The van der Waals surface area contributed by atoms with Gasteiger partial charge in [0.1, 0.15) is 5.75 Å². The van der Waals surface area contributed by atoms with Crippen LogP contribution in [0.3, 0.4) is 0 Å². The summed E-state index contributed by atoms with van der Waals surface area (Å²) in [7, 11) is -3.30. The van der Waals surface area contributed by atoms with Crippen molar-refractivity contribution < 1.29 is 22.3 Å². The Hall–Kier alpha value is -2.33. The third kappa shape index (κ3) is 4.69. The number of nitrogen functional groups attached to an aromatic ring is 1. The molecule has 8 heteroatoms. The molecule has 0 unspecified atom stereocenters. The van der Waals surface area contributed by atoms with Gasteiger partial charge in [0.05, 0.1) is 4.90 Å². The number of anilines is 1. The van der Waals surface area contributed by atoms with Gasteiger partial charge in [-0.1, -0.05) is 12.1 Å². The quantitative estimate of drug-likeness (QED) is 0.395. The number of para-hydroxylation sites is 1. The first kappa shape index (κ1) is 19.4. The molecule has 0 aromatic heterocycles. The molecule has 3 aromatic carbocycles. The molecule has 0 saturated carbocycles. The second-order valence-electron chi connectivity index (χ2n) is 5.70. The van der Waals surface area contributed by atoms with Gasteiger partial charge in [0.2, 0.25) is 0 Å². The number of benzene rings is 3. The molecule has 0 saturated heterocycles. The van der Waals surface area contributed by atoms with Crippen LogP contribution in [-0.2, 0) is 9.84 Å². The Balaban J connectivity index is 1.95. The van der Waals surface area contributed by atoms with E-state index in [4.69, 9.17) is 15.2 Å². The van der Waals surface area contributed by atoms with Crippen molar-refractivity contribution >= 4 is 38.1 Å². The second-order valence-corrected chi connectivity index (χ2v) is 8.88. The van der Waals surface area contributed by atoms with Crippen molar-refractivity contribution in [2.24, 2.45) is 0 Å². The Bertz CT molecular complexity index is 1090. The first-order valence-electron chi connectivity index (χ1n) is 7.73. The van der Waals surface area contributed by atoms with Gasteiger partial charge in [-0.2, -0.15) is 0 Å². The smallest absolute Gasteiger partial charge is 0.175 e. The summed E-state index contributed by atoms with van der Waals surface area (Å²) in [6.45, 7) is 0. The zero-order chi connectivity index (χ0) is 19.6. The third-order valence-electron chi connectivity index (χ3n) is 3.60. The van der Waals surface area contributed by atoms with E-state index < -0.39 is 15.7 Å². The summed E-state index contributed by atoms with van der Waals surface area (Å²) >= 11 is 2.05. The molecule has 0 amide bonds. The van der Waals surface area contributed by atoms with E-state index in [-0.39, 0.29) is 16.4 Å². The summed E-state index contributed by atoms with van der Waals surface area (Å²) in [5.74, 6) is 0.490. The van der Waals surface area contributed by atoms with Gasteiger partial charge in [-0.3, -0.25) is 0 Å². The fourth-order valence-electron chi connectivity index (χ4n) is 2.24. The van der Waals surface area contributed by atoms with Crippen molar-refractivity contribution in [3.05, 3.63) is 70.1 Å². The molecule has 140 valence electrons. The lowest BCUT2D eigenvalue weighted by atomic mass is 10.2. The highest BCUT2D eigenvalue weighted by atomic mass is 127. The van der Waals surface area contributed by atoms with E-state index in [1.807, 2.05) is 22.6 Å². The number of halogens is 2. The standard InChI is InChI=1S/C19H15FINO4S/c1-27(23,24)13-8-6-12(7-9-13)25-18-10-15(21)16(22)11-19(18)26-17-5-3-2-4-14(17)20/h2-11H,22H2,1H3. The largest absolute Gasteiger partial charge is 0.453 e. The van der Waals surface area contributed by atoms with Crippen molar-refractivity contribution in [1.82, 2.24) is 0 Å². The van der Waals surface area contributed by atoms with Crippen LogP contribution in [0.25, 0.3) is 0 Å².